The van der Waals surface area contributed by atoms with Crippen molar-refractivity contribution < 1.29 is 18.9 Å². The Balaban J connectivity index is 0. The largest absolute Gasteiger partial charge is 1.00 e. The Labute approximate surface area is 46.3 Å². The molecule has 0 rings (SSSR count). The van der Waals surface area contributed by atoms with Gasteiger partial charge in [0, 0.05) is 0 Å². The Hall–Kier alpha value is 0.622. The predicted octanol–water partition coefficient (Wildman–Crippen LogP) is -3.36. The fourth-order valence-corrected chi connectivity index (χ4v) is 0. The van der Waals surface area contributed by atoms with Crippen LogP contribution in [0.2, 0.25) is 0 Å². The first-order chi connectivity index (χ1) is 1.73. The van der Waals surface area contributed by atoms with E-state index in [-0.39, 0.29) is 18.9 Å². The Morgan fingerprint density at radius 3 is 1.40 bits per heavy atom. The van der Waals surface area contributed by atoms with Gasteiger partial charge in [0.05, 0.1) is 0 Å². The van der Waals surface area contributed by atoms with Crippen molar-refractivity contribution in [1.29, 1.82) is 0 Å². The van der Waals surface area contributed by atoms with E-state index in [2.05, 4.69) is 0 Å². The molecule has 0 aromatic rings. The minimum Gasteiger partial charge on any atom is -0.585 e. The second-order valence-corrected chi connectivity index (χ2v) is 0.964. The number of rotatable bonds is 0. The summed E-state index contributed by atoms with van der Waals surface area (Å²) >= 11 is 0. The molecule has 23 valence electrons. The minimum absolute atomic E-state index is 0. The summed E-state index contributed by atoms with van der Waals surface area (Å²) in [4.78, 5) is 1.50. The molecule has 0 spiro atoms. The Morgan fingerprint density at radius 1 is 1.40 bits per heavy atom. The van der Waals surface area contributed by atoms with E-state index in [1.807, 2.05) is 0 Å². The molecule has 0 aromatic carbocycles. The van der Waals surface area contributed by atoms with Crippen LogP contribution in [0.5, 0.6) is 0 Å². The Morgan fingerprint density at radius 2 is 1.40 bits per heavy atom. The molecule has 0 atom stereocenters. The van der Waals surface area contributed by atoms with E-state index in [4.69, 9.17) is 7.98 Å². The maximum atomic E-state index is 4.94. The van der Waals surface area contributed by atoms with Crippen LogP contribution in [0.3, 0.4) is 0 Å². The predicted molar refractivity (Wildman–Crippen MR) is 19.4 cm³/mol. The molecule has 0 saturated carbocycles. The zero-order valence-corrected chi connectivity index (χ0v) is 4.02. The molecule has 3 heteroatoms. The Bertz CT molecular complexity index is 14.4. The average Bonchev–Trinajstić information content (AvgIpc) is 0.811. The fraction of sp³-hybridized carbons (Fsp3) is 1.00. The standard InChI is InChI=1S/C2H6BN.Li/c1-4(2)3;/h1-2H3;/q-1;+1. The molecule has 0 fully saturated rings. The van der Waals surface area contributed by atoms with Crippen LogP contribution < -0.4 is 18.9 Å². The van der Waals surface area contributed by atoms with Crippen molar-refractivity contribution in [3.8, 4) is 0 Å². The van der Waals surface area contributed by atoms with Crippen LogP contribution >= 0.6 is 0 Å². The van der Waals surface area contributed by atoms with Crippen molar-refractivity contribution in [3.05, 3.63) is 0 Å². The number of hydrogen-bond acceptors (Lipinski definition) is 1. The number of hydrogen-bond donors (Lipinski definition) is 0. The fourth-order valence-electron chi connectivity index (χ4n) is 0. The van der Waals surface area contributed by atoms with Crippen LogP contribution in [0.15, 0.2) is 0 Å². The first kappa shape index (κ1) is 9.16. The Kier molecular flexibility index (Phi) is 8.46. The molecule has 3 radical (unpaired) electrons. The second-order valence-electron chi connectivity index (χ2n) is 0.964. The molecule has 0 saturated heterocycles. The van der Waals surface area contributed by atoms with Gasteiger partial charge in [0.1, 0.15) is 0 Å². The van der Waals surface area contributed by atoms with E-state index in [1.54, 1.807) is 14.1 Å². The molecule has 0 aromatic heterocycles. The van der Waals surface area contributed by atoms with E-state index in [9.17, 15) is 0 Å². The molecular formula is C2H6BLiN. The molecule has 0 bridgehead atoms. The molecule has 0 unspecified atom stereocenters. The van der Waals surface area contributed by atoms with E-state index in [0.29, 0.717) is 0 Å². The third-order valence-corrected chi connectivity index (χ3v) is 0. The topological polar surface area (TPSA) is 3.24 Å². The van der Waals surface area contributed by atoms with Crippen molar-refractivity contribution in [2.24, 2.45) is 0 Å². The van der Waals surface area contributed by atoms with Gasteiger partial charge in [-0.2, -0.15) is 0 Å². The zero-order chi connectivity index (χ0) is 3.58. The van der Waals surface area contributed by atoms with Crippen LogP contribution in [-0.2, 0) is 0 Å². The minimum atomic E-state index is 0. The maximum Gasteiger partial charge on any atom is 1.00 e. The van der Waals surface area contributed by atoms with Crippen molar-refractivity contribution in [1.82, 2.24) is 4.81 Å². The summed E-state index contributed by atoms with van der Waals surface area (Å²) in [5.74, 6) is 0. The van der Waals surface area contributed by atoms with Crippen LogP contribution in [0.25, 0.3) is 0 Å². The third kappa shape index (κ3) is 82.1. The third-order valence-electron chi connectivity index (χ3n) is 0. The second kappa shape index (κ2) is 4.62. The van der Waals surface area contributed by atoms with Gasteiger partial charge in [-0.1, -0.05) is 14.1 Å². The summed E-state index contributed by atoms with van der Waals surface area (Å²) in [5.41, 5.74) is 0. The van der Waals surface area contributed by atoms with Gasteiger partial charge in [0.25, 0.3) is 0 Å². The summed E-state index contributed by atoms with van der Waals surface area (Å²) in [5, 5.41) is 0. The van der Waals surface area contributed by atoms with E-state index in [1.165, 1.54) is 4.81 Å². The smallest absolute Gasteiger partial charge is 0.585 e. The summed E-state index contributed by atoms with van der Waals surface area (Å²) in [7, 11) is 8.50. The van der Waals surface area contributed by atoms with Gasteiger partial charge in [-0.25, -0.2) is 0 Å². The van der Waals surface area contributed by atoms with Crippen molar-refractivity contribution in [3.63, 3.8) is 0 Å². The van der Waals surface area contributed by atoms with Crippen LogP contribution in [-0.4, -0.2) is 26.9 Å². The number of nitrogens with zero attached hydrogens (tertiary/aromatic N) is 1. The van der Waals surface area contributed by atoms with Gasteiger partial charge in [0.2, 0.25) is 0 Å². The van der Waals surface area contributed by atoms with Gasteiger partial charge >= 0.3 is 18.9 Å². The molecule has 0 heterocycles. The van der Waals surface area contributed by atoms with Gasteiger partial charge < -0.3 is 12.8 Å². The molecule has 1 nitrogen and oxygen atoms in total. The van der Waals surface area contributed by atoms with Crippen LogP contribution in [0, 0.1) is 0 Å². The molecule has 0 N–H and O–H groups in total. The van der Waals surface area contributed by atoms with Gasteiger partial charge in [-0.15, -0.1) is 0 Å². The summed E-state index contributed by atoms with van der Waals surface area (Å²) in [6.45, 7) is 0. The monoisotopic (exact) mass is 62.1 g/mol. The molecular weight excluding hydrogens is 55.8 g/mol. The van der Waals surface area contributed by atoms with Crippen molar-refractivity contribution in [2.45, 2.75) is 0 Å². The van der Waals surface area contributed by atoms with E-state index < -0.39 is 0 Å². The van der Waals surface area contributed by atoms with Crippen LogP contribution in [0.1, 0.15) is 0 Å². The zero-order valence-electron chi connectivity index (χ0n) is 4.02. The summed E-state index contributed by atoms with van der Waals surface area (Å²) < 4.78 is 0. The van der Waals surface area contributed by atoms with Gasteiger partial charge in [-0.05, 0) is 0 Å². The average molecular weight is 61.8 g/mol. The SMILES string of the molecule is [B-]N(C)C.[Li+]. The molecule has 0 aliphatic heterocycles. The quantitative estimate of drug-likeness (QED) is 0.265. The first-order valence-corrected chi connectivity index (χ1v) is 1.15. The normalized spacial score (nSPS) is 7.20. The summed E-state index contributed by atoms with van der Waals surface area (Å²) in [6.07, 6.45) is 0. The van der Waals surface area contributed by atoms with E-state index in [0.717, 1.165) is 0 Å². The maximum absolute atomic E-state index is 4.94. The molecule has 0 aliphatic carbocycles. The van der Waals surface area contributed by atoms with Crippen molar-refractivity contribution in [2.75, 3.05) is 14.1 Å². The van der Waals surface area contributed by atoms with Gasteiger partial charge in [0.15, 0.2) is 0 Å². The van der Waals surface area contributed by atoms with Gasteiger partial charge in [-0.3, -0.25) is 0 Å². The van der Waals surface area contributed by atoms with Crippen LogP contribution in [0.4, 0.5) is 0 Å². The summed E-state index contributed by atoms with van der Waals surface area (Å²) in [6, 6.07) is 0. The first-order valence-electron chi connectivity index (χ1n) is 1.15. The van der Waals surface area contributed by atoms with E-state index >= 15 is 0 Å². The molecule has 5 heavy (non-hydrogen) atoms. The molecule has 0 aliphatic rings. The van der Waals surface area contributed by atoms with Crippen molar-refractivity contribution >= 4 is 7.98 Å². The molecule has 0 amide bonds.